The molecular weight excluding hydrogens is 294 g/mol. The lowest BCUT2D eigenvalue weighted by molar-refractivity contribution is 0.102. The average Bonchev–Trinajstić information content (AvgIpc) is 2.58. The number of methoxy groups -OCH3 is 1. The summed E-state index contributed by atoms with van der Waals surface area (Å²) >= 11 is 0. The third kappa shape index (κ3) is 2.66. The Hall–Kier alpha value is -3.15. The van der Waals surface area contributed by atoms with E-state index >= 15 is 0 Å². The van der Waals surface area contributed by atoms with Crippen LogP contribution in [0.5, 0.6) is 5.75 Å². The van der Waals surface area contributed by atoms with Gasteiger partial charge in [0.15, 0.2) is 5.69 Å². The molecule has 0 fully saturated rings. The molecule has 0 aliphatic rings. The molecule has 0 aliphatic carbocycles. The number of nitrogens with zero attached hydrogens (tertiary/aromatic N) is 2. The van der Waals surface area contributed by atoms with Gasteiger partial charge in [0.05, 0.1) is 18.2 Å². The van der Waals surface area contributed by atoms with Crippen molar-refractivity contribution in [2.24, 2.45) is 7.05 Å². The molecule has 1 amide bonds. The Labute approximate surface area is 132 Å². The van der Waals surface area contributed by atoms with Gasteiger partial charge in [0.1, 0.15) is 5.75 Å². The molecule has 0 saturated carbocycles. The highest BCUT2D eigenvalue weighted by Crippen LogP contribution is 2.24. The van der Waals surface area contributed by atoms with E-state index in [1.807, 2.05) is 6.07 Å². The molecule has 116 valence electrons. The summed E-state index contributed by atoms with van der Waals surface area (Å²) in [5.74, 6) is 0.149. The molecule has 6 heteroatoms. The fraction of sp³-hybridized carbons (Fsp3) is 0.118. The maximum Gasteiger partial charge on any atom is 0.276 e. The first-order chi connectivity index (χ1) is 11.1. The molecule has 23 heavy (non-hydrogen) atoms. The second-order valence-corrected chi connectivity index (χ2v) is 4.98. The Balaban J connectivity index is 2.08. The first kappa shape index (κ1) is 14.8. The predicted molar refractivity (Wildman–Crippen MR) is 87.9 cm³/mol. The van der Waals surface area contributed by atoms with Gasteiger partial charge in [-0.25, -0.2) is 4.68 Å². The van der Waals surface area contributed by atoms with Gasteiger partial charge in [-0.15, -0.1) is 0 Å². The molecule has 3 aromatic rings. The van der Waals surface area contributed by atoms with Crippen LogP contribution in [-0.4, -0.2) is 22.8 Å². The predicted octanol–water partition coefficient (Wildman–Crippen LogP) is 2.19. The van der Waals surface area contributed by atoms with Gasteiger partial charge in [-0.1, -0.05) is 30.3 Å². The van der Waals surface area contributed by atoms with Crippen LogP contribution in [0.15, 0.2) is 53.3 Å². The second-order valence-electron chi connectivity index (χ2n) is 4.98. The number of fused-ring (bicyclic) bond motifs is 1. The molecule has 0 bridgehead atoms. The number of hydrogen-bond donors (Lipinski definition) is 1. The molecule has 0 saturated heterocycles. The van der Waals surface area contributed by atoms with Crippen LogP contribution in [0, 0.1) is 0 Å². The fourth-order valence-corrected chi connectivity index (χ4v) is 2.40. The summed E-state index contributed by atoms with van der Waals surface area (Å²) < 4.78 is 6.39. The average molecular weight is 309 g/mol. The molecule has 3 rings (SSSR count). The first-order valence-corrected chi connectivity index (χ1v) is 7.02. The van der Waals surface area contributed by atoms with Gasteiger partial charge in [0, 0.05) is 12.4 Å². The van der Waals surface area contributed by atoms with Crippen LogP contribution >= 0.6 is 0 Å². The molecule has 0 aliphatic heterocycles. The summed E-state index contributed by atoms with van der Waals surface area (Å²) in [6.07, 6.45) is 0. The largest absolute Gasteiger partial charge is 0.495 e. The van der Waals surface area contributed by atoms with Crippen LogP contribution in [0.4, 0.5) is 5.69 Å². The lowest BCUT2D eigenvalue weighted by Crippen LogP contribution is -2.25. The van der Waals surface area contributed by atoms with E-state index in [-0.39, 0.29) is 11.3 Å². The van der Waals surface area contributed by atoms with Crippen LogP contribution < -0.4 is 15.6 Å². The van der Waals surface area contributed by atoms with Crippen LogP contribution in [0.25, 0.3) is 10.8 Å². The standard InChI is InChI=1S/C17H15N3O3/c1-20-17(22)12-8-4-3-7-11(12)15(19-20)16(21)18-13-9-5-6-10-14(13)23-2/h3-10H,1-2H3,(H,18,21). The SMILES string of the molecule is COc1ccccc1NC(=O)c1nn(C)c(=O)c2ccccc12. The van der Waals surface area contributed by atoms with Crippen molar-refractivity contribution >= 4 is 22.4 Å². The number of carbonyl (C=O) groups excluding carboxylic acids is 1. The highest BCUT2D eigenvalue weighted by Gasteiger charge is 2.16. The highest BCUT2D eigenvalue weighted by atomic mass is 16.5. The van der Waals surface area contributed by atoms with Crippen molar-refractivity contribution in [3.8, 4) is 5.75 Å². The third-order valence-corrected chi connectivity index (χ3v) is 3.53. The molecule has 2 aromatic carbocycles. The normalized spacial score (nSPS) is 10.5. The minimum atomic E-state index is -0.402. The molecule has 1 N–H and O–H groups in total. The van der Waals surface area contributed by atoms with Crippen LogP contribution in [0.2, 0.25) is 0 Å². The Morgan fingerprint density at radius 3 is 2.48 bits per heavy atom. The number of amides is 1. The summed E-state index contributed by atoms with van der Waals surface area (Å²) in [5.41, 5.74) is 0.489. The third-order valence-electron chi connectivity index (χ3n) is 3.53. The second kappa shape index (κ2) is 5.92. The maximum atomic E-state index is 12.6. The Morgan fingerprint density at radius 1 is 1.09 bits per heavy atom. The summed E-state index contributed by atoms with van der Waals surface area (Å²) in [5, 5.41) is 7.85. The van der Waals surface area contributed by atoms with Gasteiger partial charge in [-0.3, -0.25) is 9.59 Å². The highest BCUT2D eigenvalue weighted by molar-refractivity contribution is 6.11. The van der Waals surface area contributed by atoms with Gasteiger partial charge in [-0.2, -0.15) is 5.10 Å². The van der Waals surface area contributed by atoms with Crippen LogP contribution in [0.1, 0.15) is 10.5 Å². The van der Waals surface area contributed by atoms with E-state index in [0.29, 0.717) is 22.2 Å². The van der Waals surface area contributed by atoms with E-state index in [1.54, 1.807) is 42.5 Å². The van der Waals surface area contributed by atoms with Crippen LogP contribution in [-0.2, 0) is 7.05 Å². The number of aromatic nitrogens is 2. The van der Waals surface area contributed by atoms with E-state index in [9.17, 15) is 9.59 Å². The topological polar surface area (TPSA) is 73.2 Å². The smallest absolute Gasteiger partial charge is 0.276 e. The van der Waals surface area contributed by atoms with Gasteiger partial charge < -0.3 is 10.1 Å². The number of para-hydroxylation sites is 2. The molecule has 6 nitrogen and oxygen atoms in total. The van der Waals surface area contributed by atoms with E-state index in [2.05, 4.69) is 10.4 Å². The number of benzene rings is 2. The van der Waals surface area contributed by atoms with E-state index in [4.69, 9.17) is 4.74 Å². The summed E-state index contributed by atoms with van der Waals surface area (Å²) in [7, 11) is 3.06. The van der Waals surface area contributed by atoms with E-state index < -0.39 is 5.91 Å². The van der Waals surface area contributed by atoms with E-state index in [1.165, 1.54) is 18.8 Å². The van der Waals surface area contributed by atoms with Crippen molar-refractivity contribution < 1.29 is 9.53 Å². The van der Waals surface area contributed by atoms with E-state index in [0.717, 1.165) is 0 Å². The Morgan fingerprint density at radius 2 is 1.74 bits per heavy atom. The quantitative estimate of drug-likeness (QED) is 0.805. The number of carbonyl (C=O) groups is 1. The van der Waals surface area contributed by atoms with Crippen LogP contribution in [0.3, 0.4) is 0 Å². The molecule has 0 unspecified atom stereocenters. The molecule has 0 atom stereocenters. The van der Waals surface area contributed by atoms with Gasteiger partial charge >= 0.3 is 0 Å². The molecular formula is C17H15N3O3. The van der Waals surface area contributed by atoms with Crippen molar-refractivity contribution in [3.05, 3.63) is 64.6 Å². The van der Waals surface area contributed by atoms with Gasteiger partial charge in [0.2, 0.25) is 0 Å². The maximum absolute atomic E-state index is 12.6. The van der Waals surface area contributed by atoms with Crippen molar-refractivity contribution in [1.82, 2.24) is 9.78 Å². The Bertz CT molecular complexity index is 947. The number of ether oxygens (including phenoxy) is 1. The molecule has 1 heterocycles. The van der Waals surface area contributed by atoms with Crippen molar-refractivity contribution in [1.29, 1.82) is 0 Å². The minimum Gasteiger partial charge on any atom is -0.495 e. The summed E-state index contributed by atoms with van der Waals surface area (Å²) in [4.78, 5) is 24.7. The molecule has 1 aromatic heterocycles. The lowest BCUT2D eigenvalue weighted by Gasteiger charge is -2.11. The van der Waals surface area contributed by atoms with Crippen molar-refractivity contribution in [2.45, 2.75) is 0 Å². The van der Waals surface area contributed by atoms with Crippen molar-refractivity contribution in [2.75, 3.05) is 12.4 Å². The van der Waals surface area contributed by atoms with Gasteiger partial charge in [-0.05, 0) is 18.2 Å². The molecule has 0 radical (unpaired) electrons. The zero-order valence-electron chi connectivity index (χ0n) is 12.7. The lowest BCUT2D eigenvalue weighted by atomic mass is 10.1. The fourth-order valence-electron chi connectivity index (χ4n) is 2.40. The first-order valence-electron chi connectivity index (χ1n) is 7.02. The zero-order valence-corrected chi connectivity index (χ0v) is 12.7. The minimum absolute atomic E-state index is 0.189. The summed E-state index contributed by atoms with van der Waals surface area (Å²) in [6, 6.07) is 14.0. The number of nitrogens with one attached hydrogen (secondary N) is 1. The monoisotopic (exact) mass is 309 g/mol. The van der Waals surface area contributed by atoms with Gasteiger partial charge in [0.25, 0.3) is 11.5 Å². The number of aryl methyl sites for hydroxylation is 1. The summed E-state index contributed by atoms with van der Waals surface area (Å²) in [6.45, 7) is 0. The number of rotatable bonds is 3. The Kier molecular flexibility index (Phi) is 3.80. The number of hydrogen-bond acceptors (Lipinski definition) is 4. The van der Waals surface area contributed by atoms with Crippen molar-refractivity contribution in [3.63, 3.8) is 0 Å². The number of anilines is 1. The zero-order chi connectivity index (χ0) is 16.4. The molecule has 0 spiro atoms.